The van der Waals surface area contributed by atoms with Crippen molar-refractivity contribution in [1.82, 2.24) is 9.80 Å². The maximum Gasteiger partial charge on any atom is 0.237 e. The number of benzene rings is 1. The third-order valence-electron chi connectivity index (χ3n) is 5.70. The van der Waals surface area contributed by atoms with Crippen molar-refractivity contribution in [2.45, 2.75) is 56.7 Å². The molecule has 1 aliphatic heterocycles. The molecule has 1 saturated heterocycles. The highest BCUT2D eigenvalue weighted by Gasteiger charge is 2.39. The number of phenols is 1. The molecule has 1 heterocycles. The zero-order valence-corrected chi connectivity index (χ0v) is 14.8. The molecule has 25 heavy (non-hydrogen) atoms. The van der Waals surface area contributed by atoms with Crippen LogP contribution in [0.4, 0.5) is 0 Å². The Morgan fingerprint density at radius 2 is 1.96 bits per heavy atom. The number of nitrogens with zero attached hydrogens (tertiary/aromatic N) is 2. The lowest BCUT2D eigenvalue weighted by atomic mass is 10.1. The second-order valence-corrected chi connectivity index (χ2v) is 7.66. The van der Waals surface area contributed by atoms with Gasteiger partial charge in [0.15, 0.2) is 0 Å². The summed E-state index contributed by atoms with van der Waals surface area (Å²) in [6.07, 6.45) is 7.16. The van der Waals surface area contributed by atoms with Crippen molar-refractivity contribution in [2.75, 3.05) is 26.2 Å². The molecule has 0 radical (unpaired) electrons. The third-order valence-corrected chi connectivity index (χ3v) is 5.70. The predicted octanol–water partition coefficient (Wildman–Crippen LogP) is 2.70. The minimum absolute atomic E-state index is 0.0745. The van der Waals surface area contributed by atoms with E-state index in [1.165, 1.54) is 38.5 Å². The Hall–Kier alpha value is -1.59. The van der Waals surface area contributed by atoms with Crippen LogP contribution in [0.3, 0.4) is 0 Å². The first kappa shape index (κ1) is 16.9. The summed E-state index contributed by atoms with van der Waals surface area (Å²) in [4.78, 5) is 17.4. The Morgan fingerprint density at radius 1 is 1.20 bits per heavy atom. The second-order valence-electron chi connectivity index (χ2n) is 7.66. The lowest BCUT2D eigenvalue weighted by Gasteiger charge is -2.36. The Kier molecular flexibility index (Phi) is 4.95. The van der Waals surface area contributed by atoms with E-state index in [1.54, 1.807) is 12.1 Å². The summed E-state index contributed by atoms with van der Waals surface area (Å²) < 4.78 is 5.87. The maximum absolute atomic E-state index is 13.0. The lowest BCUT2D eigenvalue weighted by Crippen LogP contribution is -2.49. The van der Waals surface area contributed by atoms with E-state index < -0.39 is 0 Å². The summed E-state index contributed by atoms with van der Waals surface area (Å²) in [6.45, 7) is 2.62. The van der Waals surface area contributed by atoms with Crippen LogP contribution in [0.25, 0.3) is 0 Å². The van der Waals surface area contributed by atoms with Crippen LogP contribution in [-0.4, -0.2) is 59.1 Å². The minimum atomic E-state index is -0.0745. The summed E-state index contributed by atoms with van der Waals surface area (Å²) in [7, 11) is 0. The molecule has 1 aromatic rings. The summed E-state index contributed by atoms with van der Waals surface area (Å²) >= 11 is 0. The van der Waals surface area contributed by atoms with Crippen molar-refractivity contribution in [3.8, 4) is 5.75 Å². The van der Waals surface area contributed by atoms with Gasteiger partial charge < -0.3 is 14.7 Å². The number of hydrogen-bond donors (Lipinski definition) is 1. The minimum Gasteiger partial charge on any atom is -0.508 e. The number of rotatable bonds is 5. The number of carbonyl (C=O) groups is 1. The van der Waals surface area contributed by atoms with Gasteiger partial charge in [-0.2, -0.15) is 0 Å². The molecule has 0 unspecified atom stereocenters. The number of carbonyl (C=O) groups excluding carboxylic acids is 1. The van der Waals surface area contributed by atoms with Gasteiger partial charge in [-0.3, -0.25) is 9.69 Å². The first-order valence-corrected chi connectivity index (χ1v) is 9.65. The van der Waals surface area contributed by atoms with Gasteiger partial charge in [0.25, 0.3) is 0 Å². The quantitative estimate of drug-likeness (QED) is 0.892. The Balaban J connectivity index is 1.38. The maximum atomic E-state index is 13.0. The van der Waals surface area contributed by atoms with Crippen LogP contribution in [0.1, 0.15) is 50.2 Å². The zero-order valence-electron chi connectivity index (χ0n) is 14.8. The van der Waals surface area contributed by atoms with Crippen LogP contribution < -0.4 is 0 Å². The van der Waals surface area contributed by atoms with Gasteiger partial charge in [-0.1, -0.05) is 25.0 Å². The van der Waals surface area contributed by atoms with Crippen molar-refractivity contribution >= 4 is 5.91 Å². The molecule has 5 nitrogen and oxygen atoms in total. The van der Waals surface area contributed by atoms with Gasteiger partial charge in [-0.25, -0.2) is 0 Å². The second kappa shape index (κ2) is 7.34. The molecule has 1 N–H and O–H groups in total. The smallest absolute Gasteiger partial charge is 0.237 e. The van der Waals surface area contributed by atoms with Crippen LogP contribution in [0.5, 0.6) is 5.75 Å². The number of amides is 1. The number of aromatic hydroxyl groups is 1. The molecule has 1 aromatic carbocycles. The van der Waals surface area contributed by atoms with E-state index in [-0.39, 0.29) is 11.9 Å². The molecule has 136 valence electrons. The molecule has 5 heteroatoms. The molecular formula is C20H28N2O3. The van der Waals surface area contributed by atoms with Gasteiger partial charge in [-0.05, 0) is 43.4 Å². The topological polar surface area (TPSA) is 53.0 Å². The first-order valence-electron chi connectivity index (χ1n) is 9.65. The Bertz CT molecular complexity index is 611. The number of morpholine rings is 1. The fourth-order valence-corrected chi connectivity index (χ4v) is 4.29. The standard InChI is InChI=1S/C20H28N2O3/c23-18-7-3-4-15(12-18)19-13-21(10-11-25-19)14-20(24)22(17-8-9-17)16-5-1-2-6-16/h3-4,7,12,16-17,19,23H,1-2,5-6,8-11,13-14H2/t19-/m1/s1. The van der Waals surface area contributed by atoms with Gasteiger partial charge in [0.05, 0.1) is 19.3 Å². The molecule has 3 fully saturated rings. The van der Waals surface area contributed by atoms with Crippen LogP contribution >= 0.6 is 0 Å². The molecule has 3 aliphatic rings. The van der Waals surface area contributed by atoms with Gasteiger partial charge >= 0.3 is 0 Å². The fraction of sp³-hybridized carbons (Fsp3) is 0.650. The Labute approximate surface area is 149 Å². The molecule has 0 aromatic heterocycles. The third kappa shape index (κ3) is 3.98. The molecule has 4 rings (SSSR count). The molecule has 2 aliphatic carbocycles. The highest BCUT2D eigenvalue weighted by atomic mass is 16.5. The zero-order chi connectivity index (χ0) is 17.2. The molecule has 0 bridgehead atoms. The van der Waals surface area contributed by atoms with Gasteiger partial charge in [0, 0.05) is 25.2 Å². The van der Waals surface area contributed by atoms with Crippen molar-refractivity contribution in [3.63, 3.8) is 0 Å². The summed E-state index contributed by atoms with van der Waals surface area (Å²) in [5.74, 6) is 0.557. The largest absolute Gasteiger partial charge is 0.508 e. The van der Waals surface area contributed by atoms with Crippen LogP contribution in [-0.2, 0) is 9.53 Å². The summed E-state index contributed by atoms with van der Waals surface area (Å²) in [5, 5.41) is 9.69. The lowest BCUT2D eigenvalue weighted by molar-refractivity contribution is -0.137. The molecule has 2 saturated carbocycles. The van der Waals surface area contributed by atoms with Crippen molar-refractivity contribution in [3.05, 3.63) is 29.8 Å². The predicted molar refractivity (Wildman–Crippen MR) is 95.4 cm³/mol. The van der Waals surface area contributed by atoms with Crippen molar-refractivity contribution in [2.24, 2.45) is 0 Å². The van der Waals surface area contributed by atoms with E-state index in [0.29, 0.717) is 37.7 Å². The number of ether oxygens (including phenoxy) is 1. The van der Waals surface area contributed by atoms with Gasteiger partial charge in [0.2, 0.25) is 5.91 Å². The summed E-state index contributed by atoms with van der Waals surface area (Å²) in [6, 6.07) is 8.22. The van der Waals surface area contributed by atoms with Crippen LogP contribution in [0, 0.1) is 0 Å². The van der Waals surface area contributed by atoms with Crippen molar-refractivity contribution < 1.29 is 14.6 Å². The monoisotopic (exact) mass is 344 g/mol. The average Bonchev–Trinajstić information content (AvgIpc) is 3.29. The molecule has 0 spiro atoms. The highest BCUT2D eigenvalue weighted by Crippen LogP contribution is 2.34. The average molecular weight is 344 g/mol. The van der Waals surface area contributed by atoms with E-state index in [4.69, 9.17) is 4.74 Å². The molecular weight excluding hydrogens is 316 g/mol. The van der Waals surface area contributed by atoms with E-state index >= 15 is 0 Å². The molecule has 1 atom stereocenters. The normalized spacial score (nSPS) is 25.2. The van der Waals surface area contributed by atoms with Gasteiger partial charge in [-0.15, -0.1) is 0 Å². The van der Waals surface area contributed by atoms with E-state index in [0.717, 1.165) is 12.1 Å². The fourth-order valence-electron chi connectivity index (χ4n) is 4.29. The molecule has 1 amide bonds. The SMILES string of the molecule is O=C(CN1CCO[C@@H](c2cccc(O)c2)C1)N(C1CCCC1)C1CC1. The first-order chi connectivity index (χ1) is 12.2. The van der Waals surface area contributed by atoms with E-state index in [2.05, 4.69) is 9.80 Å². The Morgan fingerprint density at radius 3 is 2.68 bits per heavy atom. The van der Waals surface area contributed by atoms with Crippen molar-refractivity contribution in [1.29, 1.82) is 0 Å². The van der Waals surface area contributed by atoms with Crippen LogP contribution in [0.2, 0.25) is 0 Å². The van der Waals surface area contributed by atoms with Crippen LogP contribution in [0.15, 0.2) is 24.3 Å². The highest BCUT2D eigenvalue weighted by molar-refractivity contribution is 5.79. The summed E-state index contributed by atoms with van der Waals surface area (Å²) in [5.41, 5.74) is 0.979. The van der Waals surface area contributed by atoms with Gasteiger partial charge in [0.1, 0.15) is 5.75 Å². The van der Waals surface area contributed by atoms with E-state index in [1.807, 2.05) is 12.1 Å². The number of hydrogen-bond acceptors (Lipinski definition) is 4. The number of phenolic OH excluding ortho intramolecular Hbond substituents is 1. The van der Waals surface area contributed by atoms with E-state index in [9.17, 15) is 9.90 Å².